The molecule has 6 nitrogen and oxygen atoms in total. The Hall–Kier alpha value is -0.730. The van der Waals surface area contributed by atoms with Crippen LogP contribution in [-0.2, 0) is 19.5 Å². The molecular weight excluding hydrogens is 292 g/mol. The molecule has 0 radical (unpaired) electrons. The van der Waals surface area contributed by atoms with Crippen molar-refractivity contribution in [3.8, 4) is 0 Å². The van der Waals surface area contributed by atoms with Gasteiger partial charge in [0.25, 0.3) is 0 Å². The number of hydrogen-bond donors (Lipinski definition) is 1. The Morgan fingerprint density at radius 1 is 1.42 bits per heavy atom. The molecule has 0 unspecified atom stereocenters. The Labute approximate surface area is 117 Å². The summed E-state index contributed by atoms with van der Waals surface area (Å²) in [5, 5.41) is 0.249. The second kappa shape index (κ2) is 5.72. The summed E-state index contributed by atoms with van der Waals surface area (Å²) in [6, 6.07) is 2.84. The van der Waals surface area contributed by atoms with Crippen molar-refractivity contribution >= 4 is 21.6 Å². The third-order valence-corrected chi connectivity index (χ3v) is 4.45. The predicted molar refractivity (Wildman–Crippen MR) is 69.4 cm³/mol. The van der Waals surface area contributed by atoms with Crippen LogP contribution < -0.4 is 4.72 Å². The van der Waals surface area contributed by atoms with E-state index in [0.717, 1.165) is 0 Å². The van der Waals surface area contributed by atoms with E-state index in [1.165, 1.54) is 18.3 Å². The fourth-order valence-electron chi connectivity index (χ4n) is 1.72. The summed E-state index contributed by atoms with van der Waals surface area (Å²) in [5.41, 5.74) is 0. The van der Waals surface area contributed by atoms with E-state index in [9.17, 15) is 8.42 Å². The zero-order chi connectivity index (χ0) is 13.9. The zero-order valence-corrected chi connectivity index (χ0v) is 12.0. The molecule has 1 saturated heterocycles. The number of hydrogen-bond acceptors (Lipinski definition) is 5. The van der Waals surface area contributed by atoms with Crippen molar-refractivity contribution < 1.29 is 17.9 Å². The molecule has 2 heterocycles. The van der Waals surface area contributed by atoms with Crippen LogP contribution in [-0.4, -0.2) is 38.9 Å². The molecular formula is C11H15ClN2O4S. The molecule has 2 rings (SSSR count). The first kappa shape index (κ1) is 14.7. The Morgan fingerprint density at radius 2 is 2.11 bits per heavy atom. The van der Waals surface area contributed by atoms with Crippen molar-refractivity contribution in [2.75, 3.05) is 19.8 Å². The number of halogens is 1. The highest BCUT2D eigenvalue weighted by molar-refractivity contribution is 7.89. The molecule has 0 bridgehead atoms. The summed E-state index contributed by atoms with van der Waals surface area (Å²) >= 11 is 5.61. The molecule has 0 atom stereocenters. The summed E-state index contributed by atoms with van der Waals surface area (Å²) in [6.07, 6.45) is 1.65. The van der Waals surface area contributed by atoms with E-state index in [4.69, 9.17) is 21.1 Å². The highest BCUT2D eigenvalue weighted by Crippen LogP contribution is 2.22. The minimum atomic E-state index is -3.58. The van der Waals surface area contributed by atoms with Gasteiger partial charge in [-0.05, 0) is 19.1 Å². The van der Waals surface area contributed by atoms with Crippen LogP contribution in [0.2, 0.25) is 5.15 Å². The fourth-order valence-corrected chi connectivity index (χ4v) is 2.81. The molecule has 1 N–H and O–H groups in total. The molecule has 0 aromatic carbocycles. The van der Waals surface area contributed by atoms with E-state index >= 15 is 0 Å². The molecule has 8 heteroatoms. The number of nitrogens with one attached hydrogen (secondary N) is 1. The lowest BCUT2D eigenvalue weighted by Gasteiger charge is -2.22. The summed E-state index contributed by atoms with van der Waals surface area (Å²) < 4.78 is 37.1. The minimum Gasteiger partial charge on any atom is -0.348 e. The molecule has 19 heavy (non-hydrogen) atoms. The molecule has 1 aliphatic heterocycles. The van der Waals surface area contributed by atoms with Gasteiger partial charge in [-0.25, -0.2) is 18.1 Å². The predicted octanol–water partition coefficient (Wildman–Crippen LogP) is 1.17. The Balaban J connectivity index is 1.92. The maximum absolute atomic E-state index is 11.9. The first-order valence-corrected chi connectivity index (χ1v) is 7.67. The van der Waals surface area contributed by atoms with E-state index in [1.807, 2.05) is 0 Å². The van der Waals surface area contributed by atoms with Crippen molar-refractivity contribution in [1.82, 2.24) is 9.71 Å². The van der Waals surface area contributed by atoms with Crippen LogP contribution in [0.3, 0.4) is 0 Å². The van der Waals surface area contributed by atoms with Crippen LogP contribution in [0.15, 0.2) is 23.2 Å². The highest BCUT2D eigenvalue weighted by atomic mass is 35.5. The van der Waals surface area contributed by atoms with Crippen molar-refractivity contribution in [1.29, 1.82) is 0 Å². The minimum absolute atomic E-state index is 0.0790. The maximum Gasteiger partial charge on any atom is 0.242 e. The number of aromatic nitrogens is 1. The molecule has 1 fully saturated rings. The molecule has 0 amide bonds. The monoisotopic (exact) mass is 306 g/mol. The summed E-state index contributed by atoms with van der Waals surface area (Å²) in [6.45, 7) is 3.08. The largest absolute Gasteiger partial charge is 0.348 e. The number of ether oxygens (including phenoxy) is 2. The van der Waals surface area contributed by atoms with Gasteiger partial charge in [0.05, 0.1) is 13.2 Å². The molecule has 0 spiro atoms. The number of nitrogens with zero attached hydrogens (tertiary/aromatic N) is 1. The molecule has 1 aromatic heterocycles. The normalized spacial score (nSPS) is 18.6. The van der Waals surface area contributed by atoms with Gasteiger partial charge in [-0.1, -0.05) is 11.6 Å². The average molecular weight is 307 g/mol. The fraction of sp³-hybridized carbons (Fsp3) is 0.545. The van der Waals surface area contributed by atoms with Gasteiger partial charge in [-0.15, -0.1) is 0 Å². The van der Waals surface area contributed by atoms with Gasteiger partial charge in [-0.2, -0.15) is 0 Å². The maximum atomic E-state index is 11.9. The lowest BCUT2D eigenvalue weighted by Crippen LogP contribution is -2.33. The Morgan fingerprint density at radius 3 is 2.68 bits per heavy atom. The number of pyridine rings is 1. The second-order valence-electron chi connectivity index (χ2n) is 4.30. The van der Waals surface area contributed by atoms with Crippen molar-refractivity contribution in [2.24, 2.45) is 0 Å². The standard InChI is InChI=1S/C11H15ClN2O4S/c1-11(17-6-7-18-11)4-5-14-19(15,16)9-2-3-10(12)13-8-9/h2-3,8,14H,4-7H2,1H3. The van der Waals surface area contributed by atoms with E-state index in [-0.39, 0.29) is 16.6 Å². The van der Waals surface area contributed by atoms with Gasteiger partial charge in [0, 0.05) is 19.2 Å². The molecule has 0 aliphatic carbocycles. The van der Waals surface area contributed by atoms with Gasteiger partial charge >= 0.3 is 0 Å². The van der Waals surface area contributed by atoms with Gasteiger partial charge < -0.3 is 9.47 Å². The lowest BCUT2D eigenvalue weighted by atomic mass is 10.2. The summed E-state index contributed by atoms with van der Waals surface area (Å²) in [4.78, 5) is 3.82. The van der Waals surface area contributed by atoms with Crippen LogP contribution in [0.5, 0.6) is 0 Å². The topological polar surface area (TPSA) is 77.5 Å². The van der Waals surface area contributed by atoms with E-state index in [2.05, 4.69) is 9.71 Å². The number of rotatable bonds is 5. The van der Waals surface area contributed by atoms with Gasteiger partial charge in [0.1, 0.15) is 10.0 Å². The van der Waals surface area contributed by atoms with Crippen LogP contribution in [0, 0.1) is 0 Å². The molecule has 106 valence electrons. The molecule has 1 aliphatic rings. The SMILES string of the molecule is CC1(CCNS(=O)(=O)c2ccc(Cl)nc2)OCCO1. The quantitative estimate of drug-likeness (QED) is 0.826. The van der Waals surface area contributed by atoms with Gasteiger partial charge in [-0.3, -0.25) is 0 Å². The Bertz CT molecular complexity index is 526. The third kappa shape index (κ3) is 3.87. The zero-order valence-electron chi connectivity index (χ0n) is 10.4. The molecule has 1 aromatic rings. The van der Waals surface area contributed by atoms with Crippen LogP contribution in [0.25, 0.3) is 0 Å². The first-order valence-electron chi connectivity index (χ1n) is 5.80. The van der Waals surface area contributed by atoms with Crippen molar-refractivity contribution in [2.45, 2.75) is 24.0 Å². The average Bonchev–Trinajstić information content (AvgIpc) is 2.76. The van der Waals surface area contributed by atoms with Crippen LogP contribution in [0.4, 0.5) is 0 Å². The third-order valence-electron chi connectivity index (χ3n) is 2.78. The van der Waals surface area contributed by atoms with Gasteiger partial charge in [0.15, 0.2) is 5.79 Å². The van der Waals surface area contributed by atoms with Crippen LogP contribution >= 0.6 is 11.6 Å². The smallest absolute Gasteiger partial charge is 0.242 e. The Kier molecular flexibility index (Phi) is 4.42. The highest BCUT2D eigenvalue weighted by Gasteiger charge is 2.30. The summed E-state index contributed by atoms with van der Waals surface area (Å²) in [5.74, 6) is -0.708. The summed E-state index contributed by atoms with van der Waals surface area (Å²) in [7, 11) is -3.58. The van der Waals surface area contributed by atoms with E-state index < -0.39 is 15.8 Å². The van der Waals surface area contributed by atoms with Gasteiger partial charge in [0.2, 0.25) is 10.0 Å². The lowest BCUT2D eigenvalue weighted by molar-refractivity contribution is -0.145. The van der Waals surface area contributed by atoms with Crippen LogP contribution in [0.1, 0.15) is 13.3 Å². The first-order chi connectivity index (χ1) is 8.91. The molecule has 0 saturated carbocycles. The second-order valence-corrected chi connectivity index (χ2v) is 6.45. The van der Waals surface area contributed by atoms with Crippen molar-refractivity contribution in [3.63, 3.8) is 0 Å². The van der Waals surface area contributed by atoms with Crippen molar-refractivity contribution in [3.05, 3.63) is 23.5 Å². The number of sulfonamides is 1. The van der Waals surface area contributed by atoms with E-state index in [0.29, 0.717) is 19.6 Å². The van der Waals surface area contributed by atoms with E-state index in [1.54, 1.807) is 6.92 Å².